The van der Waals surface area contributed by atoms with Gasteiger partial charge in [-0.15, -0.1) is 0 Å². The summed E-state index contributed by atoms with van der Waals surface area (Å²) < 4.78 is 62.6. The second kappa shape index (κ2) is 9.04. The van der Waals surface area contributed by atoms with Crippen LogP contribution in [0, 0.1) is 5.92 Å². The number of aromatic nitrogens is 1. The lowest BCUT2D eigenvalue weighted by atomic mass is 9.97. The lowest BCUT2D eigenvalue weighted by Gasteiger charge is -2.30. The molecule has 5 rings (SSSR count). The maximum absolute atomic E-state index is 13.0. The Kier molecular flexibility index (Phi) is 6.20. The summed E-state index contributed by atoms with van der Waals surface area (Å²) in [6.45, 7) is 1.35. The number of carbonyl (C=O) groups excluding carboxylic acids is 1. The molecule has 3 aromatic rings. The molecule has 2 aliphatic heterocycles. The van der Waals surface area contributed by atoms with Crippen molar-refractivity contribution in [3.63, 3.8) is 0 Å². The van der Waals surface area contributed by atoms with E-state index in [1.165, 1.54) is 39.9 Å². The first-order valence-corrected chi connectivity index (χ1v) is 15.1. The Morgan fingerprint density at radius 3 is 2.23 bits per heavy atom. The number of rotatable bonds is 5. The maximum Gasteiger partial charge on any atom is 0.243 e. The zero-order valence-corrected chi connectivity index (χ0v) is 21.2. The topological polar surface area (TPSA) is 132 Å². The van der Waals surface area contributed by atoms with E-state index in [4.69, 9.17) is 9.47 Å². The van der Waals surface area contributed by atoms with Gasteiger partial charge in [0.25, 0.3) is 0 Å². The zero-order chi connectivity index (χ0) is 24.8. The normalized spacial score (nSPS) is 17.4. The molecule has 1 fully saturated rings. The number of thiazole rings is 1. The van der Waals surface area contributed by atoms with Crippen molar-refractivity contribution in [3.05, 3.63) is 36.4 Å². The molecule has 1 aromatic heterocycles. The third-order valence-corrected chi connectivity index (χ3v) is 9.97. The van der Waals surface area contributed by atoms with Crippen LogP contribution in [0.3, 0.4) is 0 Å². The molecule has 0 unspecified atom stereocenters. The largest absolute Gasteiger partial charge is 0.486 e. The number of anilines is 1. The molecule has 1 N–H and O–H groups in total. The van der Waals surface area contributed by atoms with E-state index in [1.807, 2.05) is 6.07 Å². The van der Waals surface area contributed by atoms with E-state index in [2.05, 4.69) is 10.3 Å². The van der Waals surface area contributed by atoms with Gasteiger partial charge in [0.2, 0.25) is 15.9 Å². The lowest BCUT2D eigenvalue weighted by molar-refractivity contribution is -0.120. The van der Waals surface area contributed by atoms with Crippen molar-refractivity contribution in [3.8, 4) is 11.5 Å². The Hall–Kier alpha value is -2.74. The third-order valence-electron chi connectivity index (χ3n) is 6.00. The first kappa shape index (κ1) is 24.0. The summed E-state index contributed by atoms with van der Waals surface area (Å²) in [5.41, 5.74) is 0.706. The molecule has 0 bridgehead atoms. The van der Waals surface area contributed by atoms with Gasteiger partial charge in [0, 0.05) is 37.4 Å². The molecule has 0 atom stereocenters. The van der Waals surface area contributed by atoms with Gasteiger partial charge in [0.15, 0.2) is 26.5 Å². The summed E-state index contributed by atoms with van der Waals surface area (Å²) in [6, 6.07) is 8.81. The summed E-state index contributed by atoms with van der Waals surface area (Å²) in [5.74, 6) is 0.744. The Morgan fingerprint density at radius 1 is 1.00 bits per heavy atom. The number of piperidine rings is 1. The van der Waals surface area contributed by atoms with Crippen LogP contribution in [-0.4, -0.2) is 64.6 Å². The van der Waals surface area contributed by atoms with Crippen LogP contribution in [0.2, 0.25) is 0 Å². The number of ether oxygens (including phenoxy) is 2. The minimum Gasteiger partial charge on any atom is -0.486 e. The van der Waals surface area contributed by atoms with Crippen molar-refractivity contribution in [1.29, 1.82) is 0 Å². The monoisotopic (exact) mass is 537 g/mol. The van der Waals surface area contributed by atoms with Crippen molar-refractivity contribution in [2.24, 2.45) is 5.92 Å². The van der Waals surface area contributed by atoms with Gasteiger partial charge in [0.1, 0.15) is 13.2 Å². The van der Waals surface area contributed by atoms with E-state index in [0.717, 1.165) is 11.0 Å². The highest BCUT2D eigenvalue weighted by molar-refractivity contribution is 7.90. The minimum atomic E-state index is -3.79. The van der Waals surface area contributed by atoms with Gasteiger partial charge in [-0.2, -0.15) is 4.31 Å². The molecule has 0 spiro atoms. The predicted octanol–water partition coefficient (Wildman–Crippen LogP) is 2.51. The van der Waals surface area contributed by atoms with E-state index in [9.17, 15) is 21.6 Å². The van der Waals surface area contributed by atoms with Crippen LogP contribution >= 0.6 is 11.3 Å². The number of hydrogen-bond acceptors (Lipinski definition) is 9. The van der Waals surface area contributed by atoms with E-state index in [0.29, 0.717) is 48.2 Å². The predicted molar refractivity (Wildman–Crippen MR) is 130 cm³/mol. The fourth-order valence-electron chi connectivity index (χ4n) is 4.09. The van der Waals surface area contributed by atoms with Crippen LogP contribution in [0.5, 0.6) is 11.5 Å². The zero-order valence-electron chi connectivity index (χ0n) is 18.8. The van der Waals surface area contributed by atoms with Gasteiger partial charge in [-0.05, 0) is 37.1 Å². The number of fused-ring (bicyclic) bond motifs is 2. The van der Waals surface area contributed by atoms with Crippen LogP contribution in [0.15, 0.2) is 46.2 Å². The number of hydrogen-bond donors (Lipinski definition) is 1. The molecule has 0 radical (unpaired) electrons. The van der Waals surface area contributed by atoms with E-state index >= 15 is 0 Å². The average molecular weight is 538 g/mol. The van der Waals surface area contributed by atoms with Gasteiger partial charge < -0.3 is 14.8 Å². The van der Waals surface area contributed by atoms with Gasteiger partial charge in [-0.1, -0.05) is 11.3 Å². The Morgan fingerprint density at radius 2 is 1.60 bits per heavy atom. The van der Waals surface area contributed by atoms with Gasteiger partial charge in [0.05, 0.1) is 20.0 Å². The summed E-state index contributed by atoms with van der Waals surface area (Å²) in [5, 5.41) is 3.33. The molecule has 186 valence electrons. The molecule has 2 aliphatic rings. The second-order valence-electron chi connectivity index (χ2n) is 8.39. The molecule has 1 amide bonds. The van der Waals surface area contributed by atoms with E-state index < -0.39 is 19.9 Å². The molecular formula is C22H23N3O7S3. The SMILES string of the molecule is CS(=O)(=O)c1ccc(S(=O)(=O)N2CCC(C(=O)Nc3nc4cc5c(cc4s3)OCCO5)CC2)cc1. The van der Waals surface area contributed by atoms with Crippen LogP contribution in [0.4, 0.5) is 5.13 Å². The number of nitrogens with zero attached hydrogens (tertiary/aromatic N) is 2. The standard InChI is InChI=1S/C22H23N3O7S3/c1-34(27,28)15-2-4-16(5-3-15)35(29,30)25-8-6-14(7-9-25)21(26)24-22-23-17-12-18-19(13-20(17)33-22)32-11-10-31-18/h2-5,12-14H,6-11H2,1H3,(H,23,24,26). The number of nitrogens with one attached hydrogen (secondary N) is 1. The highest BCUT2D eigenvalue weighted by atomic mass is 32.2. The highest BCUT2D eigenvalue weighted by Gasteiger charge is 2.32. The summed E-state index contributed by atoms with van der Waals surface area (Å²) in [7, 11) is -7.20. The fraction of sp³-hybridized carbons (Fsp3) is 0.364. The maximum atomic E-state index is 13.0. The number of sulfonamides is 1. The quantitative estimate of drug-likeness (QED) is 0.525. The third kappa shape index (κ3) is 4.85. The van der Waals surface area contributed by atoms with Crippen molar-refractivity contribution in [1.82, 2.24) is 9.29 Å². The molecule has 2 aromatic carbocycles. The molecule has 13 heteroatoms. The number of carbonyl (C=O) groups is 1. The number of benzene rings is 2. The smallest absolute Gasteiger partial charge is 0.243 e. The molecule has 3 heterocycles. The van der Waals surface area contributed by atoms with Crippen LogP contribution < -0.4 is 14.8 Å². The molecule has 0 aliphatic carbocycles. The van der Waals surface area contributed by atoms with Crippen LogP contribution in [0.1, 0.15) is 12.8 Å². The summed E-state index contributed by atoms with van der Waals surface area (Å²) in [4.78, 5) is 17.4. The van der Waals surface area contributed by atoms with Gasteiger partial charge in [-0.3, -0.25) is 4.79 Å². The Bertz CT molecular complexity index is 1450. The molecule has 0 saturated carbocycles. The highest BCUT2D eigenvalue weighted by Crippen LogP contribution is 2.38. The summed E-state index contributed by atoms with van der Waals surface area (Å²) in [6.07, 6.45) is 1.80. The van der Waals surface area contributed by atoms with Crippen molar-refractivity contribution >= 4 is 52.5 Å². The molecular weight excluding hydrogens is 514 g/mol. The number of amides is 1. The van der Waals surface area contributed by atoms with E-state index in [-0.39, 0.29) is 34.7 Å². The average Bonchev–Trinajstić information content (AvgIpc) is 3.23. The lowest BCUT2D eigenvalue weighted by Crippen LogP contribution is -2.41. The van der Waals surface area contributed by atoms with Crippen molar-refractivity contribution in [2.45, 2.75) is 22.6 Å². The Balaban J connectivity index is 1.22. The molecule has 1 saturated heterocycles. The van der Waals surface area contributed by atoms with E-state index in [1.54, 1.807) is 6.07 Å². The minimum absolute atomic E-state index is 0.0259. The second-order valence-corrected chi connectivity index (χ2v) is 13.4. The van der Waals surface area contributed by atoms with Gasteiger partial charge >= 0.3 is 0 Å². The Labute approximate surface area is 206 Å². The first-order chi connectivity index (χ1) is 16.6. The van der Waals surface area contributed by atoms with Crippen molar-refractivity contribution < 1.29 is 31.1 Å². The van der Waals surface area contributed by atoms with Crippen LogP contribution in [0.25, 0.3) is 10.2 Å². The van der Waals surface area contributed by atoms with Crippen LogP contribution in [-0.2, 0) is 24.7 Å². The molecule has 10 nitrogen and oxygen atoms in total. The fourth-order valence-corrected chi connectivity index (χ4v) is 7.07. The molecule has 35 heavy (non-hydrogen) atoms. The van der Waals surface area contributed by atoms with Gasteiger partial charge in [-0.25, -0.2) is 21.8 Å². The first-order valence-electron chi connectivity index (χ1n) is 10.9. The summed E-state index contributed by atoms with van der Waals surface area (Å²) >= 11 is 1.34. The number of sulfone groups is 1. The van der Waals surface area contributed by atoms with Crippen molar-refractivity contribution in [2.75, 3.05) is 37.9 Å².